The Morgan fingerprint density at radius 2 is 2.23 bits per heavy atom. The first-order valence-electron chi connectivity index (χ1n) is 3.65. The van der Waals surface area contributed by atoms with Crippen molar-refractivity contribution in [3.8, 4) is 5.75 Å². The van der Waals surface area contributed by atoms with Gasteiger partial charge < -0.3 is 5.11 Å². The van der Waals surface area contributed by atoms with E-state index in [1.807, 2.05) is 0 Å². The molecule has 1 aromatic rings. The Bertz CT molecular complexity index is 338. The molecule has 0 fully saturated rings. The van der Waals surface area contributed by atoms with Gasteiger partial charge in [-0.05, 0) is 40.5 Å². The predicted octanol–water partition coefficient (Wildman–Crippen LogP) is 3.02. The van der Waals surface area contributed by atoms with Crippen molar-refractivity contribution in [2.24, 2.45) is 0 Å². The molecular formula is C9H8BrClO2. The quantitative estimate of drug-likeness (QED) is 0.833. The largest absolute Gasteiger partial charge is 0.507 e. The van der Waals surface area contributed by atoms with Crippen molar-refractivity contribution in [2.45, 2.75) is 12.3 Å². The molecule has 0 aliphatic rings. The number of alkyl halides is 1. The molecule has 0 saturated heterocycles. The van der Waals surface area contributed by atoms with Crippen LogP contribution >= 0.6 is 27.5 Å². The summed E-state index contributed by atoms with van der Waals surface area (Å²) >= 11 is 8.93. The minimum absolute atomic E-state index is 0.0874. The zero-order valence-electron chi connectivity index (χ0n) is 6.92. The molecule has 0 amide bonds. The number of Topliss-reactive ketones (excluding diaryl/α,β-unsaturated/α-hetero) is 1. The number of hydrogen-bond donors (Lipinski definition) is 1. The van der Waals surface area contributed by atoms with Crippen molar-refractivity contribution in [1.82, 2.24) is 0 Å². The van der Waals surface area contributed by atoms with Crippen molar-refractivity contribution >= 4 is 33.3 Å². The van der Waals surface area contributed by atoms with Crippen molar-refractivity contribution in [1.29, 1.82) is 0 Å². The number of hydrogen-bond acceptors (Lipinski definition) is 2. The van der Waals surface area contributed by atoms with Crippen LogP contribution in [0, 0.1) is 0 Å². The second kappa shape index (κ2) is 4.11. The molecule has 0 radical (unpaired) electrons. The first-order valence-corrected chi connectivity index (χ1v) is 4.88. The van der Waals surface area contributed by atoms with Crippen LogP contribution in [0.1, 0.15) is 17.9 Å². The number of carbonyl (C=O) groups excluding carboxylic acids is 1. The Balaban J connectivity index is 3.03. The number of rotatable bonds is 2. The molecule has 1 unspecified atom stereocenters. The van der Waals surface area contributed by atoms with Crippen molar-refractivity contribution in [3.63, 3.8) is 0 Å². The number of phenolic OH excluding ortho intramolecular Hbond substituents is 1. The molecule has 2 nitrogen and oxygen atoms in total. The Kier molecular flexibility index (Phi) is 3.33. The number of benzene rings is 1. The molecule has 0 spiro atoms. The van der Waals surface area contributed by atoms with E-state index in [9.17, 15) is 9.90 Å². The molecule has 13 heavy (non-hydrogen) atoms. The second-order valence-corrected chi connectivity index (χ2v) is 3.97. The summed E-state index contributed by atoms with van der Waals surface area (Å²) in [5.41, 5.74) is 0.606. The van der Waals surface area contributed by atoms with Gasteiger partial charge in [0.1, 0.15) is 11.1 Å². The standard InChI is InChI=1S/C9H8BrClO2/c1-5(12)9(11)6-2-3-7(10)8(13)4-6/h2-4,9,13H,1H3. The van der Waals surface area contributed by atoms with Crippen LogP contribution in [-0.4, -0.2) is 10.9 Å². The van der Waals surface area contributed by atoms with E-state index in [0.717, 1.165) is 0 Å². The summed E-state index contributed by atoms with van der Waals surface area (Å²) in [6.45, 7) is 1.41. The molecule has 0 aliphatic heterocycles. The van der Waals surface area contributed by atoms with Crippen molar-refractivity contribution < 1.29 is 9.90 Å². The topological polar surface area (TPSA) is 37.3 Å². The minimum Gasteiger partial charge on any atom is -0.507 e. The fraction of sp³-hybridized carbons (Fsp3) is 0.222. The summed E-state index contributed by atoms with van der Waals surface area (Å²) in [6, 6.07) is 4.83. The van der Waals surface area contributed by atoms with Crippen LogP contribution in [0.3, 0.4) is 0 Å². The van der Waals surface area contributed by atoms with Crippen LogP contribution in [0.4, 0.5) is 0 Å². The lowest BCUT2D eigenvalue weighted by atomic mass is 10.1. The molecule has 70 valence electrons. The molecule has 0 heterocycles. The third-order valence-corrected chi connectivity index (χ3v) is 2.85. The zero-order valence-corrected chi connectivity index (χ0v) is 9.26. The summed E-state index contributed by atoms with van der Waals surface area (Å²) in [4.78, 5) is 10.9. The van der Waals surface area contributed by atoms with Crippen LogP contribution < -0.4 is 0 Å². The first kappa shape index (κ1) is 10.5. The van der Waals surface area contributed by atoms with Gasteiger partial charge >= 0.3 is 0 Å². The van der Waals surface area contributed by atoms with Gasteiger partial charge in [0.25, 0.3) is 0 Å². The van der Waals surface area contributed by atoms with Gasteiger partial charge in [-0.1, -0.05) is 6.07 Å². The normalized spacial score (nSPS) is 12.5. The maximum atomic E-state index is 10.9. The molecule has 4 heteroatoms. The summed E-state index contributed by atoms with van der Waals surface area (Å²) in [5, 5.41) is 8.63. The maximum absolute atomic E-state index is 10.9. The molecule has 0 saturated carbocycles. The summed E-state index contributed by atoms with van der Waals surface area (Å²) < 4.78 is 0.587. The van der Waals surface area contributed by atoms with Crippen molar-refractivity contribution in [2.75, 3.05) is 0 Å². The van der Waals surface area contributed by atoms with E-state index >= 15 is 0 Å². The van der Waals surface area contributed by atoms with Crippen LogP contribution in [0.2, 0.25) is 0 Å². The SMILES string of the molecule is CC(=O)C(Cl)c1ccc(Br)c(O)c1. The molecular weight excluding hydrogens is 255 g/mol. The lowest BCUT2D eigenvalue weighted by Crippen LogP contribution is -2.00. The monoisotopic (exact) mass is 262 g/mol. The van der Waals surface area contributed by atoms with E-state index in [-0.39, 0.29) is 11.5 Å². The highest BCUT2D eigenvalue weighted by molar-refractivity contribution is 9.10. The van der Waals surface area contributed by atoms with Gasteiger partial charge in [-0.2, -0.15) is 0 Å². The van der Waals surface area contributed by atoms with Gasteiger partial charge in [-0.25, -0.2) is 0 Å². The number of ketones is 1. The highest BCUT2D eigenvalue weighted by Gasteiger charge is 2.13. The third kappa shape index (κ3) is 2.45. The Labute approximate surface area is 89.7 Å². The molecule has 0 aliphatic carbocycles. The smallest absolute Gasteiger partial charge is 0.152 e. The van der Waals surface area contributed by atoms with Gasteiger partial charge in [-0.3, -0.25) is 4.79 Å². The highest BCUT2D eigenvalue weighted by atomic mass is 79.9. The Morgan fingerprint density at radius 1 is 1.62 bits per heavy atom. The van der Waals surface area contributed by atoms with Crippen LogP contribution in [0.25, 0.3) is 0 Å². The van der Waals surface area contributed by atoms with Gasteiger partial charge in [0.05, 0.1) is 4.47 Å². The van der Waals surface area contributed by atoms with E-state index in [2.05, 4.69) is 15.9 Å². The third-order valence-electron chi connectivity index (χ3n) is 1.62. The number of carbonyl (C=O) groups is 1. The summed E-state index contributed by atoms with van der Waals surface area (Å²) in [6.07, 6.45) is 0. The second-order valence-electron chi connectivity index (χ2n) is 2.68. The van der Waals surface area contributed by atoms with E-state index in [1.165, 1.54) is 13.0 Å². The van der Waals surface area contributed by atoms with Gasteiger partial charge in [0, 0.05) is 0 Å². The lowest BCUT2D eigenvalue weighted by molar-refractivity contribution is -0.116. The molecule has 1 N–H and O–H groups in total. The molecule has 1 atom stereocenters. The van der Waals surface area contributed by atoms with E-state index < -0.39 is 5.38 Å². The van der Waals surface area contributed by atoms with Crippen LogP contribution in [-0.2, 0) is 4.79 Å². The average Bonchev–Trinajstić information content (AvgIpc) is 2.08. The molecule has 0 aromatic heterocycles. The average molecular weight is 264 g/mol. The number of halogens is 2. The van der Waals surface area contributed by atoms with Crippen molar-refractivity contribution in [3.05, 3.63) is 28.2 Å². The maximum Gasteiger partial charge on any atom is 0.152 e. The highest BCUT2D eigenvalue weighted by Crippen LogP contribution is 2.29. The summed E-state index contributed by atoms with van der Waals surface area (Å²) in [7, 11) is 0. The minimum atomic E-state index is -0.681. The number of phenols is 1. The fourth-order valence-electron chi connectivity index (χ4n) is 0.922. The Hall–Kier alpha value is -0.540. The van der Waals surface area contributed by atoms with Gasteiger partial charge in [-0.15, -0.1) is 11.6 Å². The fourth-order valence-corrected chi connectivity index (χ4v) is 1.30. The van der Waals surface area contributed by atoms with Crippen LogP contribution in [0.15, 0.2) is 22.7 Å². The first-order chi connectivity index (χ1) is 6.02. The van der Waals surface area contributed by atoms with E-state index in [1.54, 1.807) is 12.1 Å². The van der Waals surface area contributed by atoms with Gasteiger partial charge in [0.2, 0.25) is 0 Å². The molecule has 1 aromatic carbocycles. The predicted molar refractivity (Wildman–Crippen MR) is 55.1 cm³/mol. The summed E-state index contributed by atoms with van der Waals surface area (Å²) in [5.74, 6) is -0.0483. The van der Waals surface area contributed by atoms with E-state index in [0.29, 0.717) is 10.0 Å². The van der Waals surface area contributed by atoms with Crippen LogP contribution in [0.5, 0.6) is 5.75 Å². The molecule has 1 rings (SSSR count). The lowest BCUT2D eigenvalue weighted by Gasteiger charge is -2.06. The zero-order chi connectivity index (χ0) is 10.0. The van der Waals surface area contributed by atoms with Gasteiger partial charge in [0.15, 0.2) is 5.78 Å². The van der Waals surface area contributed by atoms with E-state index in [4.69, 9.17) is 11.6 Å². The molecule has 0 bridgehead atoms. The number of aromatic hydroxyl groups is 1. The Morgan fingerprint density at radius 3 is 2.69 bits per heavy atom.